The molecule has 0 heterocycles. The minimum Gasteiger partial charge on any atom is -0.377 e. The molecule has 1 N–H and O–H groups in total. The van der Waals surface area contributed by atoms with Crippen molar-refractivity contribution in [3.63, 3.8) is 0 Å². The smallest absolute Gasteiger partial charge is 0.0696 e. The maximum absolute atomic E-state index is 5.88. The van der Waals surface area contributed by atoms with Crippen LogP contribution in [-0.4, -0.2) is 25.3 Å². The van der Waals surface area contributed by atoms with Gasteiger partial charge in [-0.15, -0.1) is 0 Å². The first-order valence-electron chi connectivity index (χ1n) is 6.36. The van der Waals surface area contributed by atoms with Crippen molar-refractivity contribution in [2.75, 3.05) is 13.2 Å². The van der Waals surface area contributed by atoms with Crippen LogP contribution in [0.3, 0.4) is 0 Å². The highest BCUT2D eigenvalue weighted by atomic mass is 16.5. The second kappa shape index (κ2) is 5.86. The Bertz CT molecular complexity index is 170. The fourth-order valence-electron chi connectivity index (χ4n) is 1.44. The van der Waals surface area contributed by atoms with E-state index in [0.717, 1.165) is 32.0 Å². The summed E-state index contributed by atoms with van der Waals surface area (Å²) in [5, 5.41) is 3.53. The summed E-state index contributed by atoms with van der Waals surface area (Å²) in [5.41, 5.74) is 0.391. The molecule has 2 nitrogen and oxygen atoms in total. The second-order valence-corrected chi connectivity index (χ2v) is 5.89. The highest BCUT2D eigenvalue weighted by molar-refractivity contribution is 4.81. The second-order valence-electron chi connectivity index (χ2n) is 5.89. The Labute approximate surface area is 94.8 Å². The maximum atomic E-state index is 5.88. The third-order valence-corrected chi connectivity index (χ3v) is 2.87. The third kappa shape index (κ3) is 6.91. The van der Waals surface area contributed by atoms with E-state index in [0.29, 0.717) is 11.5 Å². The van der Waals surface area contributed by atoms with Gasteiger partial charge in [-0.2, -0.15) is 0 Å². The van der Waals surface area contributed by atoms with Gasteiger partial charge in [0.2, 0.25) is 0 Å². The Morgan fingerprint density at radius 3 is 2.47 bits per heavy atom. The Hall–Kier alpha value is -0.0800. The van der Waals surface area contributed by atoms with E-state index in [2.05, 4.69) is 33.0 Å². The van der Waals surface area contributed by atoms with E-state index in [1.165, 1.54) is 12.8 Å². The van der Waals surface area contributed by atoms with E-state index >= 15 is 0 Å². The van der Waals surface area contributed by atoms with Crippen LogP contribution in [0.1, 0.15) is 53.4 Å². The number of hydrogen-bond acceptors (Lipinski definition) is 2. The van der Waals surface area contributed by atoms with Gasteiger partial charge in [0, 0.05) is 19.2 Å². The fourth-order valence-corrected chi connectivity index (χ4v) is 1.44. The number of rotatable bonds is 7. The van der Waals surface area contributed by atoms with Crippen molar-refractivity contribution in [1.29, 1.82) is 0 Å². The maximum Gasteiger partial charge on any atom is 0.0696 e. The lowest BCUT2D eigenvalue weighted by Crippen LogP contribution is -2.30. The standard InChI is InChI=1S/C13H27NO/c1-5-12(10-14-11-6-7-11)15-9-8-13(2,3)4/h11-12,14H,5-10H2,1-4H3. The molecule has 0 aliphatic heterocycles. The molecule has 90 valence electrons. The van der Waals surface area contributed by atoms with Gasteiger partial charge in [0.25, 0.3) is 0 Å². The first-order valence-corrected chi connectivity index (χ1v) is 6.36. The van der Waals surface area contributed by atoms with E-state index in [1.54, 1.807) is 0 Å². The van der Waals surface area contributed by atoms with Gasteiger partial charge in [-0.25, -0.2) is 0 Å². The SMILES string of the molecule is CCC(CNC1CC1)OCCC(C)(C)C. The highest BCUT2D eigenvalue weighted by Crippen LogP contribution is 2.20. The molecule has 0 aromatic heterocycles. The van der Waals surface area contributed by atoms with Crippen LogP contribution in [0.15, 0.2) is 0 Å². The van der Waals surface area contributed by atoms with Crippen molar-refractivity contribution in [1.82, 2.24) is 5.32 Å². The Morgan fingerprint density at radius 1 is 1.33 bits per heavy atom. The molecule has 1 aliphatic carbocycles. The van der Waals surface area contributed by atoms with Crippen molar-refractivity contribution in [2.45, 2.75) is 65.5 Å². The molecule has 1 unspecified atom stereocenters. The van der Waals surface area contributed by atoms with Gasteiger partial charge >= 0.3 is 0 Å². The fraction of sp³-hybridized carbons (Fsp3) is 1.00. The first-order chi connectivity index (χ1) is 7.01. The normalized spacial score (nSPS) is 19.2. The van der Waals surface area contributed by atoms with E-state index in [4.69, 9.17) is 4.74 Å². The van der Waals surface area contributed by atoms with Crippen LogP contribution in [0.25, 0.3) is 0 Å². The molecule has 0 amide bonds. The molecule has 0 radical (unpaired) electrons. The average Bonchev–Trinajstić information content (AvgIpc) is 2.92. The van der Waals surface area contributed by atoms with Crippen LogP contribution in [0.5, 0.6) is 0 Å². The van der Waals surface area contributed by atoms with Gasteiger partial charge < -0.3 is 10.1 Å². The van der Waals surface area contributed by atoms with E-state index in [9.17, 15) is 0 Å². The molecule has 1 fully saturated rings. The minimum atomic E-state index is 0.391. The van der Waals surface area contributed by atoms with Crippen molar-refractivity contribution in [3.8, 4) is 0 Å². The topological polar surface area (TPSA) is 21.3 Å². The lowest BCUT2D eigenvalue weighted by Gasteiger charge is -2.21. The summed E-state index contributed by atoms with van der Waals surface area (Å²) in [6.07, 6.45) is 5.39. The molecule has 0 saturated heterocycles. The van der Waals surface area contributed by atoms with Crippen molar-refractivity contribution >= 4 is 0 Å². The quantitative estimate of drug-likeness (QED) is 0.702. The molecule has 0 aromatic rings. The zero-order chi connectivity index (χ0) is 11.3. The van der Waals surface area contributed by atoms with Gasteiger partial charge in [0.1, 0.15) is 0 Å². The molecule has 0 aromatic carbocycles. The van der Waals surface area contributed by atoms with Crippen LogP contribution in [0, 0.1) is 5.41 Å². The third-order valence-electron chi connectivity index (χ3n) is 2.87. The largest absolute Gasteiger partial charge is 0.377 e. The number of hydrogen-bond donors (Lipinski definition) is 1. The van der Waals surface area contributed by atoms with Gasteiger partial charge in [-0.1, -0.05) is 27.7 Å². The monoisotopic (exact) mass is 213 g/mol. The summed E-state index contributed by atoms with van der Waals surface area (Å²) in [7, 11) is 0. The van der Waals surface area contributed by atoms with Crippen molar-refractivity contribution in [3.05, 3.63) is 0 Å². The average molecular weight is 213 g/mol. The summed E-state index contributed by atoms with van der Waals surface area (Å²) in [6.45, 7) is 10.9. The number of nitrogens with one attached hydrogen (secondary N) is 1. The predicted octanol–water partition coefficient (Wildman–Crippen LogP) is 2.97. The zero-order valence-electron chi connectivity index (χ0n) is 10.8. The van der Waals surface area contributed by atoms with Crippen molar-refractivity contribution < 1.29 is 4.74 Å². The molecule has 1 saturated carbocycles. The predicted molar refractivity (Wildman–Crippen MR) is 65.1 cm³/mol. The molecular formula is C13H27NO. The molecule has 1 aliphatic rings. The summed E-state index contributed by atoms with van der Waals surface area (Å²) in [4.78, 5) is 0. The van der Waals surface area contributed by atoms with Crippen LogP contribution in [-0.2, 0) is 4.74 Å². The van der Waals surface area contributed by atoms with Gasteiger partial charge in [-0.3, -0.25) is 0 Å². The molecule has 1 rings (SSSR count). The highest BCUT2D eigenvalue weighted by Gasteiger charge is 2.21. The van der Waals surface area contributed by atoms with Gasteiger partial charge in [0.05, 0.1) is 6.10 Å². The van der Waals surface area contributed by atoms with Gasteiger partial charge in [0.15, 0.2) is 0 Å². The Morgan fingerprint density at radius 2 is 2.00 bits per heavy atom. The molecule has 0 bridgehead atoms. The molecule has 15 heavy (non-hydrogen) atoms. The van der Waals surface area contributed by atoms with Crippen LogP contribution in [0.2, 0.25) is 0 Å². The molecule has 1 atom stereocenters. The van der Waals surface area contributed by atoms with E-state index in [1.807, 2.05) is 0 Å². The van der Waals surface area contributed by atoms with Gasteiger partial charge in [-0.05, 0) is 31.1 Å². The zero-order valence-corrected chi connectivity index (χ0v) is 10.8. The van der Waals surface area contributed by atoms with Crippen LogP contribution in [0.4, 0.5) is 0 Å². The molecule has 2 heteroatoms. The lowest BCUT2D eigenvalue weighted by atomic mass is 9.93. The molecule has 0 spiro atoms. The van der Waals surface area contributed by atoms with Crippen LogP contribution >= 0.6 is 0 Å². The van der Waals surface area contributed by atoms with E-state index in [-0.39, 0.29) is 0 Å². The summed E-state index contributed by atoms with van der Waals surface area (Å²) in [5.74, 6) is 0. The van der Waals surface area contributed by atoms with E-state index < -0.39 is 0 Å². The molecular weight excluding hydrogens is 186 g/mol. The first kappa shape index (κ1) is 13.0. The lowest BCUT2D eigenvalue weighted by molar-refractivity contribution is 0.0355. The Kier molecular flexibility index (Phi) is 5.07. The number of ether oxygens (including phenoxy) is 1. The summed E-state index contributed by atoms with van der Waals surface area (Å²) >= 11 is 0. The van der Waals surface area contributed by atoms with Crippen LogP contribution < -0.4 is 5.32 Å². The Balaban J connectivity index is 2.04. The minimum absolute atomic E-state index is 0.391. The summed E-state index contributed by atoms with van der Waals surface area (Å²) in [6, 6.07) is 0.797. The summed E-state index contributed by atoms with van der Waals surface area (Å²) < 4.78 is 5.88. The van der Waals surface area contributed by atoms with Crippen molar-refractivity contribution in [2.24, 2.45) is 5.41 Å².